The van der Waals surface area contributed by atoms with E-state index < -0.39 is 0 Å². The Morgan fingerprint density at radius 1 is 1.43 bits per heavy atom. The van der Waals surface area contributed by atoms with Crippen LogP contribution in [0.1, 0.15) is 44.9 Å². The third kappa shape index (κ3) is 3.68. The van der Waals surface area contributed by atoms with Crippen LogP contribution in [0.5, 0.6) is 0 Å². The van der Waals surface area contributed by atoms with E-state index in [1.54, 1.807) is 11.7 Å². The fraction of sp³-hybridized carbons (Fsp3) is 0.667. The van der Waals surface area contributed by atoms with E-state index in [4.69, 9.17) is 4.52 Å². The van der Waals surface area contributed by atoms with E-state index in [2.05, 4.69) is 27.4 Å². The second-order valence-electron chi connectivity index (χ2n) is 5.69. The summed E-state index contributed by atoms with van der Waals surface area (Å²) in [5.41, 5.74) is 1.79. The molecular formula is C15H22N4OS. The van der Waals surface area contributed by atoms with Crippen LogP contribution in [0.2, 0.25) is 0 Å². The smallest absolute Gasteiger partial charge is 0.228 e. The molecule has 1 saturated carbocycles. The van der Waals surface area contributed by atoms with Gasteiger partial charge in [-0.1, -0.05) is 24.9 Å². The maximum Gasteiger partial charge on any atom is 0.228 e. The molecule has 114 valence electrons. The number of hydrogen-bond acceptors (Lipinski definition) is 6. The number of nitrogens with zero attached hydrogens (tertiary/aromatic N) is 3. The van der Waals surface area contributed by atoms with Gasteiger partial charge in [-0.15, -0.1) is 11.3 Å². The van der Waals surface area contributed by atoms with Gasteiger partial charge >= 0.3 is 0 Å². The highest BCUT2D eigenvalue weighted by atomic mass is 32.1. The number of rotatable bonds is 7. The molecule has 5 nitrogen and oxygen atoms in total. The van der Waals surface area contributed by atoms with Crippen molar-refractivity contribution in [1.29, 1.82) is 0 Å². The molecule has 2 aromatic rings. The van der Waals surface area contributed by atoms with E-state index in [0.29, 0.717) is 11.9 Å². The summed E-state index contributed by atoms with van der Waals surface area (Å²) < 4.78 is 5.44. The van der Waals surface area contributed by atoms with Crippen molar-refractivity contribution < 1.29 is 4.52 Å². The molecule has 0 saturated heterocycles. The average Bonchev–Trinajstić information content (AvgIpc) is 3.24. The van der Waals surface area contributed by atoms with Gasteiger partial charge in [-0.05, 0) is 31.7 Å². The van der Waals surface area contributed by atoms with Gasteiger partial charge in [-0.25, -0.2) is 0 Å². The summed E-state index contributed by atoms with van der Waals surface area (Å²) in [6.45, 7) is 3.25. The SMILES string of the molecule is CCCNC(Cc1nc(-c2cncs2)no1)C1CCCC1. The Morgan fingerprint density at radius 2 is 2.29 bits per heavy atom. The summed E-state index contributed by atoms with van der Waals surface area (Å²) in [4.78, 5) is 9.54. The van der Waals surface area contributed by atoms with Gasteiger partial charge in [0.2, 0.25) is 11.7 Å². The highest BCUT2D eigenvalue weighted by Gasteiger charge is 2.26. The molecule has 1 fully saturated rings. The molecule has 1 unspecified atom stereocenters. The van der Waals surface area contributed by atoms with Crippen LogP contribution in [0.25, 0.3) is 10.7 Å². The van der Waals surface area contributed by atoms with Gasteiger partial charge in [0.25, 0.3) is 0 Å². The summed E-state index contributed by atoms with van der Waals surface area (Å²) in [6, 6.07) is 0.460. The third-order valence-corrected chi connectivity index (χ3v) is 4.91. The normalized spacial score (nSPS) is 17.4. The Bertz CT molecular complexity index is 534. The summed E-state index contributed by atoms with van der Waals surface area (Å²) in [5, 5.41) is 7.74. The highest BCUT2D eigenvalue weighted by Crippen LogP contribution is 2.29. The Morgan fingerprint density at radius 3 is 3.00 bits per heavy atom. The van der Waals surface area contributed by atoms with E-state index in [1.807, 2.05) is 0 Å². The number of aromatic nitrogens is 3. The molecule has 0 aliphatic heterocycles. The molecule has 2 aromatic heterocycles. The molecule has 0 spiro atoms. The number of hydrogen-bond donors (Lipinski definition) is 1. The molecule has 3 rings (SSSR count). The van der Waals surface area contributed by atoms with Crippen molar-refractivity contribution in [3.8, 4) is 10.7 Å². The van der Waals surface area contributed by atoms with Gasteiger partial charge in [0.1, 0.15) is 0 Å². The quantitative estimate of drug-likeness (QED) is 0.850. The fourth-order valence-corrected chi connectivity index (χ4v) is 3.59. The van der Waals surface area contributed by atoms with Gasteiger partial charge in [0.15, 0.2) is 0 Å². The lowest BCUT2D eigenvalue weighted by Gasteiger charge is -2.23. The Balaban J connectivity index is 1.67. The van der Waals surface area contributed by atoms with E-state index in [9.17, 15) is 0 Å². The lowest BCUT2D eigenvalue weighted by molar-refractivity contribution is 0.308. The zero-order valence-corrected chi connectivity index (χ0v) is 13.2. The van der Waals surface area contributed by atoms with Crippen LogP contribution >= 0.6 is 11.3 Å². The first-order valence-electron chi connectivity index (χ1n) is 7.81. The zero-order chi connectivity index (χ0) is 14.5. The summed E-state index contributed by atoms with van der Waals surface area (Å²) in [7, 11) is 0. The van der Waals surface area contributed by atoms with Crippen LogP contribution < -0.4 is 5.32 Å². The second kappa shape index (κ2) is 7.13. The third-order valence-electron chi connectivity index (χ3n) is 4.14. The van der Waals surface area contributed by atoms with Crippen LogP contribution in [0.15, 0.2) is 16.2 Å². The summed E-state index contributed by atoms with van der Waals surface area (Å²) >= 11 is 1.54. The van der Waals surface area contributed by atoms with Crippen molar-refractivity contribution in [2.75, 3.05) is 6.54 Å². The van der Waals surface area contributed by atoms with Crippen LogP contribution in [-0.2, 0) is 6.42 Å². The van der Waals surface area contributed by atoms with Gasteiger partial charge < -0.3 is 9.84 Å². The minimum absolute atomic E-state index is 0.460. The van der Waals surface area contributed by atoms with Gasteiger partial charge in [-0.2, -0.15) is 4.98 Å². The van der Waals surface area contributed by atoms with Crippen molar-refractivity contribution in [3.05, 3.63) is 17.6 Å². The molecule has 0 amide bonds. The second-order valence-corrected chi connectivity index (χ2v) is 6.57. The Kier molecular flexibility index (Phi) is 4.98. The Hall–Kier alpha value is -1.27. The van der Waals surface area contributed by atoms with Crippen molar-refractivity contribution in [2.45, 2.75) is 51.5 Å². The topological polar surface area (TPSA) is 63.8 Å². The summed E-state index contributed by atoms with van der Waals surface area (Å²) in [6.07, 6.45) is 9.10. The lowest BCUT2D eigenvalue weighted by atomic mass is 9.95. The first-order chi connectivity index (χ1) is 10.4. The van der Waals surface area contributed by atoms with E-state index in [-0.39, 0.29) is 0 Å². The molecule has 1 atom stereocenters. The molecule has 2 heterocycles. The van der Waals surface area contributed by atoms with Crippen LogP contribution in [-0.4, -0.2) is 27.7 Å². The first kappa shape index (κ1) is 14.7. The predicted molar refractivity (Wildman–Crippen MR) is 83.1 cm³/mol. The van der Waals surface area contributed by atoms with Gasteiger partial charge in [-0.3, -0.25) is 4.98 Å². The molecule has 0 aromatic carbocycles. The van der Waals surface area contributed by atoms with Crippen LogP contribution in [0.4, 0.5) is 0 Å². The van der Waals surface area contributed by atoms with Crippen molar-refractivity contribution in [2.24, 2.45) is 5.92 Å². The van der Waals surface area contributed by atoms with E-state index >= 15 is 0 Å². The molecule has 6 heteroatoms. The number of nitrogens with one attached hydrogen (secondary N) is 1. The molecule has 1 aliphatic rings. The van der Waals surface area contributed by atoms with E-state index in [0.717, 1.165) is 36.1 Å². The van der Waals surface area contributed by atoms with Crippen molar-refractivity contribution >= 4 is 11.3 Å². The average molecular weight is 306 g/mol. The monoisotopic (exact) mass is 306 g/mol. The zero-order valence-electron chi connectivity index (χ0n) is 12.4. The summed E-state index contributed by atoms with van der Waals surface area (Å²) in [5.74, 6) is 2.14. The lowest BCUT2D eigenvalue weighted by Crippen LogP contribution is -2.37. The maximum absolute atomic E-state index is 5.44. The molecule has 0 bridgehead atoms. The van der Waals surface area contributed by atoms with Crippen molar-refractivity contribution in [1.82, 2.24) is 20.4 Å². The Labute approximate surface area is 129 Å². The van der Waals surface area contributed by atoms with Crippen molar-refractivity contribution in [3.63, 3.8) is 0 Å². The standard InChI is InChI=1S/C15H22N4OS/c1-2-7-17-12(11-5-3-4-6-11)8-14-18-15(19-20-14)13-9-16-10-21-13/h9-12,17H,2-8H2,1H3. The molecular weight excluding hydrogens is 284 g/mol. The molecule has 21 heavy (non-hydrogen) atoms. The fourth-order valence-electron chi connectivity index (χ4n) is 3.05. The largest absolute Gasteiger partial charge is 0.339 e. The van der Waals surface area contributed by atoms with Crippen LogP contribution in [0, 0.1) is 5.92 Å². The predicted octanol–water partition coefficient (Wildman–Crippen LogP) is 3.29. The number of thiazole rings is 1. The molecule has 1 N–H and O–H groups in total. The first-order valence-corrected chi connectivity index (χ1v) is 8.69. The highest BCUT2D eigenvalue weighted by molar-refractivity contribution is 7.13. The molecule has 0 radical (unpaired) electrons. The van der Waals surface area contributed by atoms with Crippen LogP contribution in [0.3, 0.4) is 0 Å². The van der Waals surface area contributed by atoms with E-state index in [1.165, 1.54) is 37.0 Å². The molecule has 1 aliphatic carbocycles. The van der Waals surface area contributed by atoms with Gasteiger partial charge in [0.05, 0.1) is 10.4 Å². The minimum atomic E-state index is 0.460. The maximum atomic E-state index is 5.44. The van der Waals surface area contributed by atoms with Gasteiger partial charge in [0, 0.05) is 18.7 Å². The minimum Gasteiger partial charge on any atom is -0.339 e.